The maximum absolute atomic E-state index is 5.76. The van der Waals surface area contributed by atoms with E-state index in [9.17, 15) is 0 Å². The van der Waals surface area contributed by atoms with Crippen LogP contribution < -0.4 is 10.6 Å². The minimum atomic E-state index is -0.346. The van der Waals surface area contributed by atoms with Crippen molar-refractivity contribution in [2.24, 2.45) is 21.1 Å². The average molecular weight is 351 g/mol. The van der Waals surface area contributed by atoms with Crippen LogP contribution in [0.5, 0.6) is 0 Å². The topological polar surface area (TPSA) is 89.2 Å². The van der Waals surface area contributed by atoms with Crippen molar-refractivity contribution in [3.63, 3.8) is 0 Å². The van der Waals surface area contributed by atoms with Crippen LogP contribution in [0.15, 0.2) is 51.1 Å². The number of hydrogen-bond donors (Lipinski definition) is 1. The third kappa shape index (κ3) is 1.97. The minimum absolute atomic E-state index is 0.222. The van der Waals surface area contributed by atoms with Gasteiger partial charge in [-0.1, -0.05) is 17.4 Å². The molecule has 1 unspecified atom stereocenters. The fourth-order valence-corrected chi connectivity index (χ4v) is 3.76. The van der Waals surface area contributed by atoms with E-state index >= 15 is 0 Å². The Hall–Kier alpha value is -3.00. The van der Waals surface area contributed by atoms with Crippen LogP contribution in [-0.2, 0) is 11.2 Å². The van der Waals surface area contributed by atoms with Gasteiger partial charge in [0.1, 0.15) is 29.5 Å². The number of thiocarbonyl (C=S) groups is 1. The summed E-state index contributed by atoms with van der Waals surface area (Å²) in [6.07, 6.45) is 9.54. The highest BCUT2D eigenvalue weighted by molar-refractivity contribution is 7.80. The second-order valence-corrected chi connectivity index (χ2v) is 6.67. The molecule has 8 heteroatoms. The zero-order chi connectivity index (χ0) is 17.0. The molecule has 1 aromatic carbocycles. The first-order valence-corrected chi connectivity index (χ1v) is 8.16. The fourth-order valence-electron chi connectivity index (χ4n) is 3.61. The van der Waals surface area contributed by atoms with Crippen LogP contribution in [0.3, 0.4) is 0 Å². The van der Waals surface area contributed by atoms with Gasteiger partial charge in [-0.25, -0.2) is 4.99 Å². The number of hydrogen-bond acceptors (Lipinski definition) is 7. The summed E-state index contributed by atoms with van der Waals surface area (Å²) in [5.41, 5.74) is 9.71. The molecule has 2 aromatic rings. The number of benzene rings is 1. The summed E-state index contributed by atoms with van der Waals surface area (Å²) >= 11 is 5.08. The molecular formula is C17H13N5O2S. The molecule has 0 aliphatic carbocycles. The Morgan fingerprint density at radius 1 is 1.36 bits per heavy atom. The molecule has 0 amide bonds. The maximum atomic E-state index is 5.76. The van der Waals surface area contributed by atoms with Gasteiger partial charge < -0.3 is 19.9 Å². The van der Waals surface area contributed by atoms with E-state index in [0.29, 0.717) is 17.8 Å². The predicted molar refractivity (Wildman–Crippen MR) is 98.7 cm³/mol. The lowest BCUT2D eigenvalue weighted by molar-refractivity contribution is 0.360. The van der Waals surface area contributed by atoms with Crippen LogP contribution in [0, 0.1) is 5.41 Å². The van der Waals surface area contributed by atoms with Gasteiger partial charge in [0.05, 0.1) is 28.7 Å². The lowest BCUT2D eigenvalue weighted by Gasteiger charge is -2.43. The first-order chi connectivity index (χ1) is 12.2. The smallest absolute Gasteiger partial charge is 0.169 e. The zero-order valence-electron chi connectivity index (χ0n) is 13.0. The van der Waals surface area contributed by atoms with Crippen molar-refractivity contribution in [1.82, 2.24) is 5.16 Å². The molecule has 25 heavy (non-hydrogen) atoms. The van der Waals surface area contributed by atoms with E-state index < -0.39 is 0 Å². The second kappa shape index (κ2) is 5.00. The van der Waals surface area contributed by atoms with Crippen LogP contribution >= 0.6 is 12.2 Å². The SMILES string of the molecule is NC(=S)c1noc2cc3c(cc12)CC1(C=NC=NC1)C1=COC=CN13. The number of fused-ring (bicyclic) bond motifs is 5. The number of aromatic nitrogens is 1. The molecule has 3 aliphatic heterocycles. The fraction of sp³-hybridized carbons (Fsp3) is 0.176. The molecule has 124 valence electrons. The number of anilines is 1. The van der Waals surface area contributed by atoms with Crippen LogP contribution in [0.4, 0.5) is 5.69 Å². The minimum Gasteiger partial charge on any atom is -0.469 e. The van der Waals surface area contributed by atoms with Gasteiger partial charge in [-0.2, -0.15) is 0 Å². The summed E-state index contributed by atoms with van der Waals surface area (Å²) in [4.78, 5) is 11.0. The maximum Gasteiger partial charge on any atom is 0.169 e. The van der Waals surface area contributed by atoms with Gasteiger partial charge in [0.25, 0.3) is 0 Å². The highest BCUT2D eigenvalue weighted by atomic mass is 32.1. The summed E-state index contributed by atoms with van der Waals surface area (Å²) in [5, 5.41) is 4.83. The van der Waals surface area contributed by atoms with Crippen LogP contribution in [-0.4, -0.2) is 29.2 Å². The third-order valence-corrected chi connectivity index (χ3v) is 4.94. The highest BCUT2D eigenvalue weighted by Crippen LogP contribution is 2.46. The highest BCUT2D eigenvalue weighted by Gasteiger charge is 2.43. The summed E-state index contributed by atoms with van der Waals surface area (Å²) in [6.45, 7) is 0.610. The molecule has 1 atom stereocenters. The van der Waals surface area contributed by atoms with Crippen molar-refractivity contribution >= 4 is 46.4 Å². The van der Waals surface area contributed by atoms with Crippen LogP contribution in [0.25, 0.3) is 11.0 Å². The Morgan fingerprint density at radius 3 is 3.08 bits per heavy atom. The van der Waals surface area contributed by atoms with E-state index in [1.54, 1.807) is 18.9 Å². The molecule has 2 N–H and O–H groups in total. The number of nitrogens with two attached hydrogens (primary N) is 1. The molecule has 1 spiro atoms. The van der Waals surface area contributed by atoms with E-state index in [-0.39, 0.29) is 10.4 Å². The molecule has 1 aromatic heterocycles. The van der Waals surface area contributed by atoms with Crippen molar-refractivity contribution in [1.29, 1.82) is 0 Å². The summed E-state index contributed by atoms with van der Waals surface area (Å²) in [6, 6.07) is 4.00. The van der Waals surface area contributed by atoms with E-state index in [2.05, 4.69) is 20.0 Å². The standard InChI is InChI=1S/C17H13N5O2S/c18-16(25)15-11-3-10-5-17(7-19-9-20-8-17)14-6-23-2-1-22(14)12(10)4-13(11)24-21-15/h1-4,6-7,9H,5,8H2,(H2,18,25). The number of ether oxygens (including phenoxy) is 1. The van der Waals surface area contributed by atoms with Gasteiger partial charge in [-0.15, -0.1) is 0 Å². The van der Waals surface area contributed by atoms with Gasteiger partial charge >= 0.3 is 0 Å². The lowest BCUT2D eigenvalue weighted by atomic mass is 9.75. The van der Waals surface area contributed by atoms with Gasteiger partial charge in [0.2, 0.25) is 0 Å². The zero-order valence-corrected chi connectivity index (χ0v) is 13.9. The molecular weight excluding hydrogens is 338 g/mol. The van der Waals surface area contributed by atoms with Crippen molar-refractivity contribution in [3.8, 4) is 0 Å². The molecule has 0 fully saturated rings. The average Bonchev–Trinajstić information content (AvgIpc) is 3.04. The normalized spacial score (nSPS) is 23.4. The van der Waals surface area contributed by atoms with E-state index in [0.717, 1.165) is 28.8 Å². The number of aliphatic imine (C=N–C) groups is 2. The van der Waals surface area contributed by atoms with Crippen molar-refractivity contribution < 1.29 is 9.26 Å². The predicted octanol–water partition coefficient (Wildman–Crippen LogP) is 2.27. The first-order valence-electron chi connectivity index (χ1n) is 7.75. The van der Waals surface area contributed by atoms with Gasteiger partial charge in [-0.05, 0) is 18.1 Å². The monoisotopic (exact) mass is 351 g/mol. The molecule has 0 saturated heterocycles. The molecule has 0 radical (unpaired) electrons. The third-order valence-electron chi connectivity index (χ3n) is 4.75. The van der Waals surface area contributed by atoms with Gasteiger partial charge in [0, 0.05) is 18.5 Å². The Bertz CT molecular complexity index is 1040. The van der Waals surface area contributed by atoms with E-state index in [1.165, 1.54) is 0 Å². The number of nitrogens with zero attached hydrogens (tertiary/aromatic N) is 4. The van der Waals surface area contributed by atoms with Crippen LogP contribution in [0.1, 0.15) is 11.3 Å². The number of rotatable bonds is 1. The van der Waals surface area contributed by atoms with Crippen molar-refractivity contribution in [2.75, 3.05) is 11.4 Å². The van der Waals surface area contributed by atoms with Gasteiger partial charge in [0.15, 0.2) is 5.58 Å². The van der Waals surface area contributed by atoms with Gasteiger partial charge in [-0.3, -0.25) is 4.99 Å². The molecule has 7 nitrogen and oxygen atoms in total. The molecule has 0 saturated carbocycles. The second-order valence-electron chi connectivity index (χ2n) is 6.23. The summed E-state index contributed by atoms with van der Waals surface area (Å²) in [7, 11) is 0. The Labute approximate surface area is 148 Å². The molecule has 5 rings (SSSR count). The molecule has 4 heterocycles. The van der Waals surface area contributed by atoms with Crippen molar-refractivity contribution in [3.05, 3.63) is 47.8 Å². The van der Waals surface area contributed by atoms with Crippen LogP contribution in [0.2, 0.25) is 0 Å². The van der Waals surface area contributed by atoms with E-state index in [4.69, 9.17) is 27.2 Å². The summed E-state index contributed by atoms with van der Waals surface area (Å²) in [5.74, 6) is 0. The van der Waals surface area contributed by atoms with E-state index in [1.807, 2.05) is 24.5 Å². The Kier molecular flexibility index (Phi) is 2.87. The van der Waals surface area contributed by atoms with Crippen molar-refractivity contribution in [2.45, 2.75) is 6.42 Å². The quantitative estimate of drug-likeness (QED) is 0.793. The first kappa shape index (κ1) is 14.4. The largest absolute Gasteiger partial charge is 0.469 e. The Morgan fingerprint density at radius 2 is 2.28 bits per heavy atom. The lowest BCUT2D eigenvalue weighted by Crippen LogP contribution is -2.44. The molecule has 3 aliphatic rings. The summed E-state index contributed by atoms with van der Waals surface area (Å²) < 4.78 is 10.9. The Balaban J connectivity index is 1.75. The molecule has 0 bridgehead atoms.